The molecule has 0 saturated carbocycles. The highest BCUT2D eigenvalue weighted by atomic mass is 16.3. The van der Waals surface area contributed by atoms with Crippen molar-refractivity contribution in [1.29, 1.82) is 0 Å². The largest absolute Gasteiger partial charge is 0.390 e. The van der Waals surface area contributed by atoms with Crippen LogP contribution in [0.5, 0.6) is 0 Å². The number of aliphatic hydroxyl groups is 1. The predicted octanol–water partition coefficient (Wildman–Crippen LogP) is 2.79. The fraction of sp³-hybridized carbons (Fsp3) is 0.500. The van der Waals surface area contributed by atoms with Crippen LogP contribution in [-0.2, 0) is 11.3 Å². The molecule has 3 aromatic rings. The van der Waals surface area contributed by atoms with Crippen LogP contribution in [0.2, 0.25) is 0 Å². The topological polar surface area (TPSA) is 52.0 Å². The standard InChI is InChI=1S/C26H34N4O2/c31-21(19-30-24-10-4-2-8-22(24)23-9-3-5-11-25(23)30)18-27-14-16-28(17-15-27)20-26(32)29-12-6-1-7-13-29/h2-5,8-11,21,31H,1,6-7,12-20H2/t21-/m0/s1. The lowest BCUT2D eigenvalue weighted by Crippen LogP contribution is -2.52. The van der Waals surface area contributed by atoms with E-state index in [4.69, 9.17) is 0 Å². The summed E-state index contributed by atoms with van der Waals surface area (Å²) in [6.45, 7) is 7.22. The van der Waals surface area contributed by atoms with Gasteiger partial charge in [-0.25, -0.2) is 0 Å². The smallest absolute Gasteiger partial charge is 0.236 e. The molecule has 1 amide bonds. The van der Waals surface area contributed by atoms with Gasteiger partial charge in [-0.15, -0.1) is 0 Å². The summed E-state index contributed by atoms with van der Waals surface area (Å²) in [5.41, 5.74) is 2.35. The first-order valence-corrected chi connectivity index (χ1v) is 12.1. The van der Waals surface area contributed by atoms with Crippen LogP contribution in [0.25, 0.3) is 21.8 Å². The Labute approximate surface area is 190 Å². The molecular formula is C26H34N4O2. The summed E-state index contributed by atoms with van der Waals surface area (Å²) in [4.78, 5) is 19.2. The van der Waals surface area contributed by atoms with Gasteiger partial charge in [-0.3, -0.25) is 14.6 Å². The highest BCUT2D eigenvalue weighted by Gasteiger charge is 2.24. The molecule has 1 N–H and O–H groups in total. The number of amides is 1. The van der Waals surface area contributed by atoms with Crippen LogP contribution in [0.3, 0.4) is 0 Å². The summed E-state index contributed by atoms with van der Waals surface area (Å²) in [7, 11) is 0. The molecule has 170 valence electrons. The molecule has 0 bridgehead atoms. The van der Waals surface area contributed by atoms with E-state index in [0.717, 1.165) is 52.1 Å². The zero-order chi connectivity index (χ0) is 21.9. The molecule has 2 aliphatic heterocycles. The average Bonchev–Trinajstić information content (AvgIpc) is 3.15. The molecule has 5 rings (SSSR count). The van der Waals surface area contributed by atoms with Crippen LogP contribution >= 0.6 is 0 Å². The highest BCUT2D eigenvalue weighted by molar-refractivity contribution is 6.07. The van der Waals surface area contributed by atoms with Gasteiger partial charge < -0.3 is 14.6 Å². The molecule has 0 radical (unpaired) electrons. The number of likely N-dealkylation sites (tertiary alicyclic amines) is 1. The number of hydrogen-bond donors (Lipinski definition) is 1. The minimum atomic E-state index is -0.434. The third kappa shape index (κ3) is 4.53. The lowest BCUT2D eigenvalue weighted by atomic mass is 10.1. The van der Waals surface area contributed by atoms with Gasteiger partial charge in [0.05, 0.1) is 19.2 Å². The van der Waals surface area contributed by atoms with Crippen molar-refractivity contribution < 1.29 is 9.90 Å². The number of aliphatic hydroxyl groups excluding tert-OH is 1. The Kier molecular flexibility index (Phi) is 6.44. The van der Waals surface area contributed by atoms with Crippen LogP contribution in [0, 0.1) is 0 Å². The molecule has 2 aliphatic rings. The molecule has 1 atom stereocenters. The molecule has 0 spiro atoms. The van der Waals surface area contributed by atoms with Gasteiger partial charge in [0.1, 0.15) is 0 Å². The molecular weight excluding hydrogens is 400 g/mol. The van der Waals surface area contributed by atoms with Gasteiger partial charge in [0.25, 0.3) is 0 Å². The number of nitrogens with zero attached hydrogens (tertiary/aromatic N) is 4. The third-order valence-electron chi connectivity index (χ3n) is 7.07. The van der Waals surface area contributed by atoms with Gasteiger partial charge in [-0.05, 0) is 31.4 Å². The van der Waals surface area contributed by atoms with Crippen molar-refractivity contribution >= 4 is 27.7 Å². The van der Waals surface area contributed by atoms with Gasteiger partial charge >= 0.3 is 0 Å². The summed E-state index contributed by atoms with van der Waals surface area (Å²) < 4.78 is 2.25. The van der Waals surface area contributed by atoms with Gasteiger partial charge in [0.15, 0.2) is 0 Å². The van der Waals surface area contributed by atoms with E-state index < -0.39 is 6.10 Å². The molecule has 6 heteroatoms. The third-order valence-corrected chi connectivity index (χ3v) is 7.07. The molecule has 3 heterocycles. The number of rotatable bonds is 6. The van der Waals surface area contributed by atoms with E-state index in [0.29, 0.717) is 19.6 Å². The number of carbonyl (C=O) groups excluding carboxylic acids is 1. The number of para-hydroxylation sites is 2. The van der Waals surface area contributed by atoms with Crippen molar-refractivity contribution in [3.8, 4) is 0 Å². The average molecular weight is 435 g/mol. The first-order valence-electron chi connectivity index (χ1n) is 12.1. The van der Waals surface area contributed by atoms with Crippen molar-refractivity contribution in [2.24, 2.45) is 0 Å². The maximum absolute atomic E-state index is 12.5. The molecule has 1 aromatic heterocycles. The van der Waals surface area contributed by atoms with Crippen LogP contribution in [-0.4, -0.2) is 88.7 Å². The van der Waals surface area contributed by atoms with Crippen molar-refractivity contribution in [2.45, 2.75) is 31.9 Å². The van der Waals surface area contributed by atoms with Gasteiger partial charge in [-0.1, -0.05) is 36.4 Å². The highest BCUT2D eigenvalue weighted by Crippen LogP contribution is 2.29. The summed E-state index contributed by atoms with van der Waals surface area (Å²) in [5, 5.41) is 13.4. The van der Waals surface area contributed by atoms with Crippen LogP contribution in [0.1, 0.15) is 19.3 Å². The lowest BCUT2D eigenvalue weighted by Gasteiger charge is -2.36. The van der Waals surface area contributed by atoms with Gasteiger partial charge in [0, 0.05) is 67.6 Å². The van der Waals surface area contributed by atoms with Crippen molar-refractivity contribution in [2.75, 3.05) is 52.4 Å². The maximum Gasteiger partial charge on any atom is 0.236 e. The van der Waals surface area contributed by atoms with E-state index >= 15 is 0 Å². The fourth-order valence-corrected chi connectivity index (χ4v) is 5.33. The molecule has 2 saturated heterocycles. The minimum Gasteiger partial charge on any atom is -0.390 e. The minimum absolute atomic E-state index is 0.282. The number of hydrogen-bond acceptors (Lipinski definition) is 4. The van der Waals surface area contributed by atoms with E-state index in [2.05, 4.69) is 62.9 Å². The Morgan fingerprint density at radius 2 is 1.31 bits per heavy atom. The Morgan fingerprint density at radius 3 is 1.94 bits per heavy atom. The van der Waals surface area contributed by atoms with Crippen molar-refractivity contribution in [3.05, 3.63) is 48.5 Å². The molecule has 2 fully saturated rings. The first kappa shape index (κ1) is 21.4. The zero-order valence-electron chi connectivity index (χ0n) is 18.8. The Morgan fingerprint density at radius 1 is 0.750 bits per heavy atom. The van der Waals surface area contributed by atoms with E-state index in [9.17, 15) is 9.90 Å². The van der Waals surface area contributed by atoms with Crippen molar-refractivity contribution in [3.63, 3.8) is 0 Å². The number of piperazine rings is 1. The van der Waals surface area contributed by atoms with Crippen LogP contribution in [0.15, 0.2) is 48.5 Å². The second-order valence-electron chi connectivity index (χ2n) is 9.32. The van der Waals surface area contributed by atoms with E-state index in [-0.39, 0.29) is 5.91 Å². The number of fused-ring (bicyclic) bond motifs is 3. The normalized spacial score (nSPS) is 19.6. The quantitative estimate of drug-likeness (QED) is 0.648. The Balaban J connectivity index is 1.16. The summed E-state index contributed by atoms with van der Waals surface area (Å²) in [5.74, 6) is 0.282. The number of piperidine rings is 1. The van der Waals surface area contributed by atoms with Crippen LogP contribution < -0.4 is 0 Å². The maximum atomic E-state index is 12.5. The Bertz CT molecular complexity index is 1010. The summed E-state index contributed by atoms with van der Waals surface area (Å²) in [6, 6.07) is 16.9. The Hall–Kier alpha value is -2.41. The van der Waals surface area contributed by atoms with E-state index in [1.807, 2.05) is 4.90 Å². The molecule has 32 heavy (non-hydrogen) atoms. The SMILES string of the molecule is O=C(CN1CCN(C[C@H](O)Cn2c3ccccc3c3ccccc32)CC1)N1CCCCC1. The fourth-order valence-electron chi connectivity index (χ4n) is 5.33. The van der Waals surface area contributed by atoms with Crippen LogP contribution in [0.4, 0.5) is 0 Å². The molecule has 2 aromatic carbocycles. The lowest BCUT2D eigenvalue weighted by molar-refractivity contribution is -0.133. The molecule has 6 nitrogen and oxygen atoms in total. The second-order valence-corrected chi connectivity index (χ2v) is 9.32. The number of aromatic nitrogens is 1. The second kappa shape index (κ2) is 9.61. The monoisotopic (exact) mass is 434 g/mol. The predicted molar refractivity (Wildman–Crippen MR) is 129 cm³/mol. The summed E-state index contributed by atoms with van der Waals surface area (Å²) in [6.07, 6.45) is 3.10. The zero-order valence-corrected chi connectivity index (χ0v) is 18.8. The van der Waals surface area contributed by atoms with Gasteiger partial charge in [-0.2, -0.15) is 0 Å². The molecule has 0 aliphatic carbocycles. The van der Waals surface area contributed by atoms with Crippen molar-refractivity contribution in [1.82, 2.24) is 19.3 Å². The van der Waals surface area contributed by atoms with E-state index in [1.54, 1.807) is 0 Å². The number of β-amino-alcohol motifs (C(OH)–C–C–N with tert-alkyl or cyclic N) is 1. The first-order chi connectivity index (χ1) is 15.7. The molecule has 0 unspecified atom stereocenters. The van der Waals surface area contributed by atoms with Gasteiger partial charge in [0.2, 0.25) is 5.91 Å². The van der Waals surface area contributed by atoms with E-state index in [1.165, 1.54) is 28.2 Å². The number of carbonyl (C=O) groups is 1. The number of benzene rings is 2. The summed E-state index contributed by atoms with van der Waals surface area (Å²) >= 11 is 0.